The van der Waals surface area contributed by atoms with Crippen molar-refractivity contribution in [3.05, 3.63) is 40.6 Å². The van der Waals surface area contributed by atoms with Crippen molar-refractivity contribution in [2.75, 3.05) is 11.9 Å². The lowest BCUT2D eigenvalue weighted by Gasteiger charge is -2.11. The Kier molecular flexibility index (Phi) is 3.93. The van der Waals surface area contributed by atoms with Crippen molar-refractivity contribution in [2.24, 2.45) is 0 Å². The number of anilines is 1. The summed E-state index contributed by atoms with van der Waals surface area (Å²) in [6.07, 6.45) is 0. The fourth-order valence-electron chi connectivity index (χ4n) is 1.43. The predicted molar refractivity (Wildman–Crippen MR) is 67.0 cm³/mol. The molecule has 1 heterocycles. The Balaban J connectivity index is 2.08. The van der Waals surface area contributed by atoms with Gasteiger partial charge in [-0.1, -0.05) is 0 Å². The van der Waals surface area contributed by atoms with Crippen molar-refractivity contribution in [2.45, 2.75) is 13.5 Å². The van der Waals surface area contributed by atoms with E-state index in [4.69, 9.17) is 4.74 Å². The highest BCUT2D eigenvalue weighted by molar-refractivity contribution is 7.07. The van der Waals surface area contributed by atoms with Crippen LogP contribution in [-0.2, 0) is 6.54 Å². The van der Waals surface area contributed by atoms with Gasteiger partial charge in [0, 0.05) is 11.4 Å². The largest absolute Gasteiger partial charge is 0.492 e. The van der Waals surface area contributed by atoms with Crippen LogP contribution >= 0.6 is 11.3 Å². The molecule has 2 aromatic rings. The summed E-state index contributed by atoms with van der Waals surface area (Å²) in [5, 5.41) is 5.15. The summed E-state index contributed by atoms with van der Waals surface area (Å²) in [7, 11) is 0. The van der Waals surface area contributed by atoms with Crippen LogP contribution in [0.4, 0.5) is 10.1 Å². The number of benzene rings is 1. The van der Waals surface area contributed by atoms with Gasteiger partial charge < -0.3 is 10.1 Å². The number of rotatable bonds is 5. The zero-order chi connectivity index (χ0) is 12.1. The molecule has 5 heteroatoms. The van der Waals surface area contributed by atoms with Crippen molar-refractivity contribution in [1.29, 1.82) is 0 Å². The average Bonchev–Trinajstić information content (AvgIpc) is 2.81. The van der Waals surface area contributed by atoms with Crippen LogP contribution in [0.2, 0.25) is 0 Å². The summed E-state index contributed by atoms with van der Waals surface area (Å²) in [4.78, 5) is 4.17. The Morgan fingerprint density at radius 3 is 3.06 bits per heavy atom. The average molecular weight is 252 g/mol. The SMILES string of the molecule is CCOc1cc(F)ccc1NCc1cscn1. The molecule has 90 valence electrons. The van der Waals surface area contributed by atoms with Crippen molar-refractivity contribution in [3.8, 4) is 5.75 Å². The van der Waals surface area contributed by atoms with E-state index in [0.717, 1.165) is 11.4 Å². The Hall–Kier alpha value is -1.62. The van der Waals surface area contributed by atoms with Crippen LogP contribution in [0.1, 0.15) is 12.6 Å². The summed E-state index contributed by atoms with van der Waals surface area (Å²) in [6.45, 7) is 2.99. The minimum Gasteiger partial charge on any atom is -0.492 e. The molecule has 0 bridgehead atoms. The first-order chi connectivity index (χ1) is 8.29. The fraction of sp³-hybridized carbons (Fsp3) is 0.250. The second-order valence-electron chi connectivity index (χ2n) is 3.41. The van der Waals surface area contributed by atoms with Gasteiger partial charge in [-0.05, 0) is 19.1 Å². The minimum atomic E-state index is -0.298. The van der Waals surface area contributed by atoms with Gasteiger partial charge in [-0.25, -0.2) is 9.37 Å². The first-order valence-corrected chi connectivity index (χ1v) is 6.27. The van der Waals surface area contributed by atoms with Crippen LogP contribution in [-0.4, -0.2) is 11.6 Å². The molecular weight excluding hydrogens is 239 g/mol. The Morgan fingerprint density at radius 1 is 1.47 bits per heavy atom. The molecule has 0 aliphatic carbocycles. The number of nitrogens with zero attached hydrogens (tertiary/aromatic N) is 1. The summed E-state index contributed by atoms with van der Waals surface area (Å²) in [6, 6.07) is 4.46. The number of hydrogen-bond donors (Lipinski definition) is 1. The van der Waals surface area contributed by atoms with Crippen molar-refractivity contribution < 1.29 is 9.13 Å². The number of halogens is 1. The van der Waals surface area contributed by atoms with E-state index in [1.54, 1.807) is 22.9 Å². The predicted octanol–water partition coefficient (Wildman–Crippen LogP) is 3.29. The molecule has 0 atom stereocenters. The van der Waals surface area contributed by atoms with Crippen molar-refractivity contribution in [1.82, 2.24) is 4.98 Å². The van der Waals surface area contributed by atoms with E-state index in [9.17, 15) is 4.39 Å². The Morgan fingerprint density at radius 2 is 2.35 bits per heavy atom. The third-order valence-electron chi connectivity index (χ3n) is 2.19. The standard InChI is InChI=1S/C12H13FN2OS/c1-2-16-12-5-9(13)3-4-11(12)14-6-10-7-17-8-15-10/h3-5,7-8,14H,2,6H2,1H3. The van der Waals surface area contributed by atoms with Gasteiger partial charge in [0.25, 0.3) is 0 Å². The highest BCUT2D eigenvalue weighted by atomic mass is 32.1. The van der Waals surface area contributed by atoms with Gasteiger partial charge in [0.2, 0.25) is 0 Å². The van der Waals surface area contributed by atoms with Crippen LogP contribution in [0, 0.1) is 5.82 Å². The van der Waals surface area contributed by atoms with Gasteiger partial charge >= 0.3 is 0 Å². The maximum atomic E-state index is 13.1. The molecule has 1 aromatic carbocycles. The first-order valence-electron chi connectivity index (χ1n) is 5.33. The Labute approximate surface area is 103 Å². The maximum Gasteiger partial charge on any atom is 0.145 e. The maximum absolute atomic E-state index is 13.1. The molecule has 3 nitrogen and oxygen atoms in total. The van der Waals surface area contributed by atoms with Crippen molar-refractivity contribution in [3.63, 3.8) is 0 Å². The van der Waals surface area contributed by atoms with E-state index >= 15 is 0 Å². The van der Waals surface area contributed by atoms with Crippen LogP contribution in [0.15, 0.2) is 29.1 Å². The third-order valence-corrected chi connectivity index (χ3v) is 2.82. The lowest BCUT2D eigenvalue weighted by molar-refractivity contribution is 0.339. The number of hydrogen-bond acceptors (Lipinski definition) is 4. The lowest BCUT2D eigenvalue weighted by Crippen LogP contribution is -2.03. The van der Waals surface area contributed by atoms with Gasteiger partial charge in [0.05, 0.1) is 30.0 Å². The zero-order valence-electron chi connectivity index (χ0n) is 9.44. The molecule has 0 radical (unpaired) electrons. The van der Waals surface area contributed by atoms with E-state index in [1.165, 1.54) is 12.1 Å². The van der Waals surface area contributed by atoms with Crippen LogP contribution < -0.4 is 10.1 Å². The zero-order valence-corrected chi connectivity index (χ0v) is 10.3. The van der Waals surface area contributed by atoms with Gasteiger partial charge in [0.1, 0.15) is 11.6 Å². The molecule has 0 amide bonds. The molecule has 1 N–H and O–H groups in total. The topological polar surface area (TPSA) is 34.1 Å². The lowest BCUT2D eigenvalue weighted by atomic mass is 10.2. The van der Waals surface area contributed by atoms with E-state index in [-0.39, 0.29) is 5.82 Å². The summed E-state index contributed by atoms with van der Waals surface area (Å²) in [5.74, 6) is 0.232. The van der Waals surface area contributed by atoms with Crippen LogP contribution in [0.3, 0.4) is 0 Å². The van der Waals surface area contributed by atoms with E-state index < -0.39 is 0 Å². The number of aromatic nitrogens is 1. The number of thiazole rings is 1. The molecule has 0 saturated carbocycles. The third kappa shape index (κ3) is 3.17. The van der Waals surface area contributed by atoms with Gasteiger partial charge in [-0.3, -0.25) is 0 Å². The van der Waals surface area contributed by atoms with E-state index in [1.807, 2.05) is 12.3 Å². The molecule has 1 aromatic heterocycles. The Bertz CT molecular complexity index is 473. The minimum absolute atomic E-state index is 0.298. The van der Waals surface area contributed by atoms with Gasteiger partial charge in [0.15, 0.2) is 0 Å². The van der Waals surface area contributed by atoms with Gasteiger partial charge in [-0.15, -0.1) is 11.3 Å². The molecular formula is C12H13FN2OS. The summed E-state index contributed by atoms with van der Waals surface area (Å²) >= 11 is 1.55. The summed E-state index contributed by atoms with van der Waals surface area (Å²) < 4.78 is 18.4. The molecule has 0 aliphatic heterocycles. The first kappa shape index (κ1) is 11.9. The molecule has 2 rings (SSSR count). The molecule has 0 fully saturated rings. The number of ether oxygens (including phenoxy) is 1. The second-order valence-corrected chi connectivity index (χ2v) is 4.13. The molecule has 0 aliphatic rings. The van der Waals surface area contributed by atoms with Crippen LogP contribution in [0.5, 0.6) is 5.75 Å². The van der Waals surface area contributed by atoms with Gasteiger partial charge in [-0.2, -0.15) is 0 Å². The molecule has 17 heavy (non-hydrogen) atoms. The fourth-order valence-corrected chi connectivity index (χ4v) is 1.99. The smallest absolute Gasteiger partial charge is 0.145 e. The summed E-state index contributed by atoms with van der Waals surface area (Å²) in [5.41, 5.74) is 3.52. The van der Waals surface area contributed by atoms with Crippen LogP contribution in [0.25, 0.3) is 0 Å². The second kappa shape index (κ2) is 5.63. The number of nitrogens with one attached hydrogen (secondary N) is 1. The molecule has 0 spiro atoms. The normalized spacial score (nSPS) is 10.2. The highest BCUT2D eigenvalue weighted by Crippen LogP contribution is 2.25. The van der Waals surface area contributed by atoms with E-state index in [2.05, 4.69) is 10.3 Å². The molecule has 0 saturated heterocycles. The highest BCUT2D eigenvalue weighted by Gasteiger charge is 2.05. The quantitative estimate of drug-likeness (QED) is 0.886. The molecule has 0 unspecified atom stereocenters. The monoisotopic (exact) mass is 252 g/mol. The van der Waals surface area contributed by atoms with E-state index in [0.29, 0.717) is 18.9 Å². The van der Waals surface area contributed by atoms with Crippen molar-refractivity contribution >= 4 is 17.0 Å².